The summed E-state index contributed by atoms with van der Waals surface area (Å²) in [7, 11) is 0. The number of carboxylic acid groups (broad SMARTS) is 1. The van der Waals surface area contributed by atoms with E-state index in [9.17, 15) is 13.6 Å². The molecule has 0 saturated carbocycles. The highest BCUT2D eigenvalue weighted by molar-refractivity contribution is 9.10. The molecule has 0 bridgehead atoms. The van der Waals surface area contributed by atoms with Crippen LogP contribution in [0.2, 0.25) is 0 Å². The number of carboxylic acids is 1. The smallest absolute Gasteiger partial charge is 0.354 e. The predicted molar refractivity (Wildman–Crippen MR) is 53.4 cm³/mol. The van der Waals surface area contributed by atoms with Gasteiger partial charge in [0.05, 0.1) is 5.56 Å². The highest BCUT2D eigenvalue weighted by Gasteiger charge is 2.20. The first kappa shape index (κ1) is 12.3. The lowest BCUT2D eigenvalue weighted by Crippen LogP contribution is -2.05. The van der Waals surface area contributed by atoms with Gasteiger partial charge in [-0.05, 0) is 27.6 Å². The summed E-state index contributed by atoms with van der Waals surface area (Å²) in [5.74, 6) is -1.48. The van der Waals surface area contributed by atoms with Crippen LogP contribution in [0.5, 0.6) is 0 Å². The molecule has 0 aliphatic carbocycles. The minimum absolute atomic E-state index is 0.0611. The van der Waals surface area contributed by atoms with E-state index in [-0.39, 0.29) is 27.3 Å². The fourth-order valence-corrected chi connectivity index (χ4v) is 1.86. The van der Waals surface area contributed by atoms with E-state index in [4.69, 9.17) is 16.7 Å². The van der Waals surface area contributed by atoms with Crippen molar-refractivity contribution < 1.29 is 18.7 Å². The number of nitrogens with zero attached hydrogens (tertiary/aromatic N) is 1. The molecule has 15 heavy (non-hydrogen) atoms. The van der Waals surface area contributed by atoms with E-state index in [1.807, 2.05) is 0 Å². The second kappa shape index (κ2) is 4.85. The molecule has 0 atom stereocenters. The number of hydrogen-bond donors (Lipinski definition) is 1. The van der Waals surface area contributed by atoms with Gasteiger partial charge in [-0.3, -0.25) is 0 Å². The molecule has 0 aliphatic heterocycles. The molecule has 0 unspecified atom stereocenters. The van der Waals surface area contributed by atoms with E-state index in [0.29, 0.717) is 0 Å². The van der Waals surface area contributed by atoms with Crippen LogP contribution in [0.25, 0.3) is 0 Å². The molecule has 0 fully saturated rings. The largest absolute Gasteiger partial charge is 0.477 e. The highest BCUT2D eigenvalue weighted by Crippen LogP contribution is 2.30. The normalized spacial score (nSPS) is 10.7. The van der Waals surface area contributed by atoms with Crippen LogP contribution in [0.4, 0.5) is 8.78 Å². The molecule has 0 aromatic carbocycles. The van der Waals surface area contributed by atoms with E-state index in [1.165, 1.54) is 0 Å². The molecule has 3 nitrogen and oxygen atoms in total. The Labute approximate surface area is 97.2 Å². The molecule has 7 heteroatoms. The standard InChI is InChI=1S/C8H5BrClF2NO2/c9-6-5(7(11)12)3(2-10)1-4(13-6)8(14)15/h1,7H,2H2,(H,14,15). The molecule has 0 amide bonds. The summed E-state index contributed by atoms with van der Waals surface area (Å²) in [4.78, 5) is 14.1. The van der Waals surface area contributed by atoms with Crippen LogP contribution in [0.15, 0.2) is 10.7 Å². The number of carbonyl (C=O) groups is 1. The first-order valence-corrected chi connectivity index (χ1v) is 5.06. The number of aromatic carboxylic acids is 1. The molecular weight excluding hydrogens is 295 g/mol. The Morgan fingerprint density at radius 3 is 2.67 bits per heavy atom. The number of hydrogen-bond acceptors (Lipinski definition) is 2. The van der Waals surface area contributed by atoms with Gasteiger partial charge >= 0.3 is 5.97 Å². The van der Waals surface area contributed by atoms with Crippen LogP contribution < -0.4 is 0 Å². The molecule has 1 rings (SSSR count). The van der Waals surface area contributed by atoms with E-state index in [1.54, 1.807) is 0 Å². The number of pyridine rings is 1. The quantitative estimate of drug-likeness (QED) is 0.689. The Balaban J connectivity index is 3.37. The van der Waals surface area contributed by atoms with Crippen molar-refractivity contribution in [1.29, 1.82) is 0 Å². The maximum absolute atomic E-state index is 12.5. The predicted octanol–water partition coefficient (Wildman–Crippen LogP) is 3.22. The van der Waals surface area contributed by atoms with Gasteiger partial charge in [0.2, 0.25) is 0 Å². The monoisotopic (exact) mass is 299 g/mol. The lowest BCUT2D eigenvalue weighted by molar-refractivity contribution is 0.0689. The summed E-state index contributed by atoms with van der Waals surface area (Å²) in [5.41, 5.74) is -0.622. The lowest BCUT2D eigenvalue weighted by atomic mass is 10.1. The Morgan fingerprint density at radius 1 is 1.67 bits per heavy atom. The van der Waals surface area contributed by atoms with Crippen LogP contribution in [-0.2, 0) is 5.88 Å². The SMILES string of the molecule is O=C(O)c1cc(CCl)c(C(F)F)c(Br)n1. The highest BCUT2D eigenvalue weighted by atomic mass is 79.9. The first-order valence-electron chi connectivity index (χ1n) is 3.74. The van der Waals surface area contributed by atoms with Gasteiger partial charge < -0.3 is 5.11 Å². The number of halogens is 4. The van der Waals surface area contributed by atoms with E-state index in [2.05, 4.69) is 20.9 Å². The van der Waals surface area contributed by atoms with Gasteiger partial charge in [-0.15, -0.1) is 11.6 Å². The molecule has 1 N–H and O–H groups in total. The van der Waals surface area contributed by atoms with Gasteiger partial charge in [-0.2, -0.15) is 0 Å². The van der Waals surface area contributed by atoms with Crippen molar-refractivity contribution in [2.45, 2.75) is 12.3 Å². The van der Waals surface area contributed by atoms with Crippen molar-refractivity contribution in [3.05, 3.63) is 27.5 Å². The van der Waals surface area contributed by atoms with Gasteiger partial charge in [0.1, 0.15) is 10.3 Å². The van der Waals surface area contributed by atoms with Crippen LogP contribution in [0.3, 0.4) is 0 Å². The second-order valence-electron chi connectivity index (χ2n) is 2.61. The van der Waals surface area contributed by atoms with Gasteiger partial charge in [0.15, 0.2) is 0 Å². The lowest BCUT2D eigenvalue weighted by Gasteiger charge is -2.08. The Kier molecular flexibility index (Phi) is 3.98. The minimum Gasteiger partial charge on any atom is -0.477 e. The zero-order valence-electron chi connectivity index (χ0n) is 7.18. The zero-order chi connectivity index (χ0) is 11.6. The third-order valence-electron chi connectivity index (χ3n) is 1.68. The van der Waals surface area contributed by atoms with Crippen molar-refractivity contribution in [2.75, 3.05) is 0 Å². The fourth-order valence-electron chi connectivity index (χ4n) is 1.02. The van der Waals surface area contributed by atoms with Crippen molar-refractivity contribution in [1.82, 2.24) is 4.98 Å². The molecule has 1 aromatic rings. The summed E-state index contributed by atoms with van der Waals surface area (Å²) in [5, 5.41) is 8.64. The van der Waals surface area contributed by atoms with Crippen LogP contribution >= 0.6 is 27.5 Å². The fraction of sp³-hybridized carbons (Fsp3) is 0.250. The summed E-state index contributed by atoms with van der Waals surface area (Å²) in [6, 6.07) is 1.04. The summed E-state index contributed by atoms with van der Waals surface area (Å²) in [6.07, 6.45) is -2.75. The van der Waals surface area contributed by atoms with Crippen LogP contribution in [0, 0.1) is 0 Å². The number of rotatable bonds is 3. The molecule has 82 valence electrons. The molecule has 0 spiro atoms. The summed E-state index contributed by atoms with van der Waals surface area (Å²) < 4.78 is 24.9. The summed E-state index contributed by atoms with van der Waals surface area (Å²) in [6.45, 7) is 0. The zero-order valence-corrected chi connectivity index (χ0v) is 9.52. The average Bonchev–Trinajstić information content (AvgIpc) is 2.15. The summed E-state index contributed by atoms with van der Waals surface area (Å²) >= 11 is 8.24. The van der Waals surface area contributed by atoms with Gasteiger partial charge in [-0.1, -0.05) is 0 Å². The van der Waals surface area contributed by atoms with Crippen LogP contribution in [0.1, 0.15) is 28.0 Å². The molecule has 0 aliphatic rings. The van der Waals surface area contributed by atoms with E-state index >= 15 is 0 Å². The Morgan fingerprint density at radius 2 is 2.27 bits per heavy atom. The third kappa shape index (κ3) is 2.63. The van der Waals surface area contributed by atoms with Gasteiger partial charge in [0, 0.05) is 5.88 Å². The van der Waals surface area contributed by atoms with Crippen molar-refractivity contribution in [2.24, 2.45) is 0 Å². The second-order valence-corrected chi connectivity index (χ2v) is 3.63. The van der Waals surface area contributed by atoms with Crippen molar-refractivity contribution >= 4 is 33.5 Å². The van der Waals surface area contributed by atoms with Crippen molar-refractivity contribution in [3.8, 4) is 0 Å². The first-order chi connectivity index (χ1) is 6.97. The third-order valence-corrected chi connectivity index (χ3v) is 2.57. The molecule has 0 saturated heterocycles. The Bertz CT molecular complexity index is 400. The Hall–Kier alpha value is -0.750. The number of aromatic nitrogens is 1. The maximum atomic E-state index is 12.5. The van der Waals surface area contributed by atoms with E-state index in [0.717, 1.165) is 6.07 Å². The molecule has 1 aromatic heterocycles. The van der Waals surface area contributed by atoms with E-state index < -0.39 is 12.4 Å². The van der Waals surface area contributed by atoms with Gasteiger partial charge in [0.25, 0.3) is 6.43 Å². The average molecular weight is 300 g/mol. The number of alkyl halides is 3. The minimum atomic E-state index is -2.75. The molecule has 1 heterocycles. The maximum Gasteiger partial charge on any atom is 0.354 e. The molecule has 0 radical (unpaired) electrons. The van der Waals surface area contributed by atoms with Crippen molar-refractivity contribution in [3.63, 3.8) is 0 Å². The molecular formula is C8H5BrClF2NO2. The topological polar surface area (TPSA) is 50.2 Å². The van der Waals surface area contributed by atoms with Gasteiger partial charge in [-0.25, -0.2) is 18.6 Å². The van der Waals surface area contributed by atoms with Crippen LogP contribution in [-0.4, -0.2) is 16.1 Å².